The molecule has 0 aliphatic heterocycles. The third kappa shape index (κ3) is 3.06. The first kappa shape index (κ1) is 13.4. The lowest BCUT2D eigenvalue weighted by Gasteiger charge is -2.10. The van der Waals surface area contributed by atoms with E-state index in [1.165, 1.54) is 6.07 Å². The van der Waals surface area contributed by atoms with Gasteiger partial charge in [-0.1, -0.05) is 29.3 Å². The Kier molecular flexibility index (Phi) is 4.07. The third-order valence-electron chi connectivity index (χ3n) is 2.32. The Labute approximate surface area is 119 Å². The maximum Gasteiger partial charge on any atom is 0.161 e. The second-order valence-electron chi connectivity index (χ2n) is 3.61. The molecule has 0 bridgehead atoms. The summed E-state index contributed by atoms with van der Waals surface area (Å²) < 4.78 is 0. The smallest absolute Gasteiger partial charge is 0.161 e. The maximum absolute atomic E-state index is 8.84. The summed E-state index contributed by atoms with van der Waals surface area (Å²) in [5.74, 6) is 6.01. The molecule has 2 rings (SSSR count). The summed E-state index contributed by atoms with van der Waals surface area (Å²) in [6.07, 6.45) is 0. The molecule has 4 N–H and O–H groups in total. The van der Waals surface area contributed by atoms with Crippen LogP contribution >= 0.6 is 23.2 Å². The number of hydrazine groups is 1. The number of rotatable bonds is 3. The van der Waals surface area contributed by atoms with E-state index in [4.69, 9.17) is 34.3 Å². The molecule has 0 spiro atoms. The van der Waals surface area contributed by atoms with E-state index < -0.39 is 0 Å². The van der Waals surface area contributed by atoms with Crippen molar-refractivity contribution in [2.75, 3.05) is 10.7 Å². The van der Waals surface area contributed by atoms with Crippen LogP contribution in [0, 0.1) is 11.3 Å². The van der Waals surface area contributed by atoms with Crippen LogP contribution in [0.15, 0.2) is 30.3 Å². The third-order valence-corrected chi connectivity index (χ3v) is 2.90. The van der Waals surface area contributed by atoms with Gasteiger partial charge in [-0.05, 0) is 24.3 Å². The molecule has 1 aromatic heterocycles. The van der Waals surface area contributed by atoms with Crippen LogP contribution < -0.4 is 16.6 Å². The number of halogens is 2. The van der Waals surface area contributed by atoms with Gasteiger partial charge in [0.05, 0.1) is 21.7 Å². The van der Waals surface area contributed by atoms with Crippen molar-refractivity contribution >= 4 is 40.5 Å². The van der Waals surface area contributed by atoms with Gasteiger partial charge in [-0.25, -0.2) is 10.8 Å². The molecule has 1 heterocycles. The van der Waals surface area contributed by atoms with Gasteiger partial charge in [0.2, 0.25) is 0 Å². The maximum atomic E-state index is 8.84. The predicted octanol–water partition coefficient (Wildman–Crippen LogP) is 3.29. The quantitative estimate of drug-likeness (QED) is 0.597. The molecule has 5 nitrogen and oxygen atoms in total. The topological polar surface area (TPSA) is 86.8 Å². The summed E-state index contributed by atoms with van der Waals surface area (Å²) in [4.78, 5) is 4.15. The fourth-order valence-electron chi connectivity index (χ4n) is 1.46. The molecule has 0 fully saturated rings. The number of nitriles is 1. The molecule has 0 unspecified atom stereocenters. The number of hydrogen-bond acceptors (Lipinski definition) is 5. The Morgan fingerprint density at radius 1 is 1.16 bits per heavy atom. The molecule has 2 aromatic rings. The van der Waals surface area contributed by atoms with E-state index in [0.717, 1.165) is 0 Å². The van der Waals surface area contributed by atoms with Crippen molar-refractivity contribution in [1.82, 2.24) is 4.98 Å². The minimum atomic E-state index is 0.310. The fraction of sp³-hybridized carbons (Fsp3) is 0. The molecular formula is C12H9Cl2N5. The summed E-state index contributed by atoms with van der Waals surface area (Å²) in [5.41, 5.74) is 3.60. The molecule has 0 aliphatic rings. The molecular weight excluding hydrogens is 285 g/mol. The van der Waals surface area contributed by atoms with Gasteiger partial charge in [0, 0.05) is 5.69 Å². The number of nitrogen functional groups attached to an aromatic ring is 1. The van der Waals surface area contributed by atoms with Crippen molar-refractivity contribution < 1.29 is 0 Å². The first-order valence-corrected chi connectivity index (χ1v) is 5.99. The van der Waals surface area contributed by atoms with Crippen LogP contribution in [0.25, 0.3) is 0 Å². The van der Waals surface area contributed by atoms with E-state index >= 15 is 0 Å². The van der Waals surface area contributed by atoms with Crippen molar-refractivity contribution in [3.63, 3.8) is 0 Å². The Hall–Kier alpha value is -2.00. The van der Waals surface area contributed by atoms with Gasteiger partial charge in [-0.2, -0.15) is 5.26 Å². The molecule has 0 radical (unpaired) electrons. The highest BCUT2D eigenvalue weighted by molar-refractivity contribution is 6.37. The normalized spacial score (nSPS) is 9.79. The largest absolute Gasteiger partial charge is 0.339 e. The van der Waals surface area contributed by atoms with Crippen LogP contribution in [0.4, 0.5) is 17.3 Å². The van der Waals surface area contributed by atoms with E-state index in [-0.39, 0.29) is 0 Å². The minimum Gasteiger partial charge on any atom is -0.339 e. The van der Waals surface area contributed by atoms with Gasteiger partial charge in [0.1, 0.15) is 0 Å². The number of aromatic nitrogens is 1. The summed E-state index contributed by atoms with van der Waals surface area (Å²) in [7, 11) is 0. The summed E-state index contributed by atoms with van der Waals surface area (Å²) >= 11 is 11.9. The van der Waals surface area contributed by atoms with Crippen LogP contribution in [0.2, 0.25) is 10.0 Å². The highest BCUT2D eigenvalue weighted by Crippen LogP contribution is 2.30. The summed E-state index contributed by atoms with van der Waals surface area (Å²) in [5, 5.41) is 12.5. The number of benzene rings is 1. The van der Waals surface area contributed by atoms with Gasteiger partial charge in [0.25, 0.3) is 0 Å². The molecule has 1 aromatic carbocycles. The zero-order valence-electron chi connectivity index (χ0n) is 9.61. The van der Waals surface area contributed by atoms with Gasteiger partial charge in [-0.3, -0.25) is 0 Å². The lowest BCUT2D eigenvalue weighted by atomic mass is 10.2. The van der Waals surface area contributed by atoms with Crippen molar-refractivity contribution in [2.24, 2.45) is 5.84 Å². The van der Waals surface area contributed by atoms with Crippen LogP contribution in [-0.4, -0.2) is 4.98 Å². The molecule has 0 saturated carbocycles. The van der Waals surface area contributed by atoms with Gasteiger partial charge >= 0.3 is 0 Å². The SMILES string of the molecule is N#Cc1cccc(Nc2nc(NN)c(Cl)cc2Cl)c1. The lowest BCUT2D eigenvalue weighted by molar-refractivity contribution is 1.22. The Balaban J connectivity index is 2.35. The Morgan fingerprint density at radius 3 is 2.58 bits per heavy atom. The zero-order valence-corrected chi connectivity index (χ0v) is 11.1. The second-order valence-corrected chi connectivity index (χ2v) is 4.43. The number of anilines is 3. The highest BCUT2D eigenvalue weighted by Gasteiger charge is 2.09. The average molecular weight is 294 g/mol. The van der Waals surface area contributed by atoms with Gasteiger partial charge in [-0.15, -0.1) is 0 Å². The van der Waals surface area contributed by atoms with Crippen LogP contribution in [0.5, 0.6) is 0 Å². The molecule has 7 heteroatoms. The average Bonchev–Trinajstić information content (AvgIpc) is 2.42. The Morgan fingerprint density at radius 2 is 1.89 bits per heavy atom. The van der Waals surface area contributed by atoms with Crippen molar-refractivity contribution in [3.05, 3.63) is 45.9 Å². The Bertz CT molecular complexity index is 651. The van der Waals surface area contributed by atoms with E-state index in [0.29, 0.717) is 32.9 Å². The van der Waals surface area contributed by atoms with Gasteiger partial charge < -0.3 is 10.7 Å². The second kappa shape index (κ2) is 5.76. The van der Waals surface area contributed by atoms with Gasteiger partial charge in [0.15, 0.2) is 11.6 Å². The molecule has 0 aliphatic carbocycles. The molecule has 0 saturated heterocycles. The first-order valence-electron chi connectivity index (χ1n) is 5.24. The fourth-order valence-corrected chi connectivity index (χ4v) is 1.92. The summed E-state index contributed by atoms with van der Waals surface area (Å²) in [6, 6.07) is 10.5. The minimum absolute atomic E-state index is 0.310. The molecule has 0 atom stereocenters. The van der Waals surface area contributed by atoms with Crippen molar-refractivity contribution in [3.8, 4) is 6.07 Å². The molecule has 96 valence electrons. The van der Waals surface area contributed by atoms with E-state index in [2.05, 4.69) is 21.8 Å². The highest BCUT2D eigenvalue weighted by atomic mass is 35.5. The zero-order chi connectivity index (χ0) is 13.8. The predicted molar refractivity (Wildman–Crippen MR) is 76.5 cm³/mol. The number of nitrogens with zero attached hydrogens (tertiary/aromatic N) is 2. The van der Waals surface area contributed by atoms with Crippen LogP contribution in [-0.2, 0) is 0 Å². The van der Waals surface area contributed by atoms with E-state index in [1.807, 2.05) is 0 Å². The lowest BCUT2D eigenvalue weighted by Crippen LogP contribution is -2.10. The summed E-state index contributed by atoms with van der Waals surface area (Å²) in [6.45, 7) is 0. The monoisotopic (exact) mass is 293 g/mol. The molecule has 19 heavy (non-hydrogen) atoms. The number of nitrogens with two attached hydrogens (primary N) is 1. The van der Waals surface area contributed by atoms with Crippen LogP contribution in [0.3, 0.4) is 0 Å². The number of nitrogens with one attached hydrogen (secondary N) is 2. The van der Waals surface area contributed by atoms with E-state index in [9.17, 15) is 0 Å². The molecule has 0 amide bonds. The number of hydrogen-bond donors (Lipinski definition) is 3. The standard InChI is InChI=1S/C12H9Cl2N5/c13-9-5-10(14)12(19-16)18-11(9)17-8-3-1-2-7(4-8)6-15/h1-5H,16H2,(H2,17,18,19). The van der Waals surface area contributed by atoms with Crippen LogP contribution in [0.1, 0.15) is 5.56 Å². The van der Waals surface area contributed by atoms with Crippen molar-refractivity contribution in [1.29, 1.82) is 5.26 Å². The first-order chi connectivity index (χ1) is 9.13. The number of pyridine rings is 1. The van der Waals surface area contributed by atoms with Crippen molar-refractivity contribution in [2.45, 2.75) is 0 Å². The van der Waals surface area contributed by atoms with E-state index in [1.54, 1.807) is 24.3 Å².